The van der Waals surface area contributed by atoms with Gasteiger partial charge in [-0.1, -0.05) is 68.8 Å². The molecule has 2 amide bonds. The average molecular weight is 411 g/mol. The molecule has 1 atom stereocenters. The number of benzene rings is 2. The summed E-state index contributed by atoms with van der Waals surface area (Å²) in [7, 11) is 0. The minimum atomic E-state index is -0.598. The predicted molar refractivity (Wildman–Crippen MR) is 121 cm³/mol. The third-order valence-corrected chi connectivity index (χ3v) is 5.00. The van der Waals surface area contributed by atoms with E-state index >= 15 is 0 Å². The summed E-state index contributed by atoms with van der Waals surface area (Å²) < 4.78 is 5.93. The van der Waals surface area contributed by atoms with E-state index in [-0.39, 0.29) is 23.8 Å². The van der Waals surface area contributed by atoms with Gasteiger partial charge in [-0.15, -0.1) is 0 Å². The van der Waals surface area contributed by atoms with Crippen molar-refractivity contribution < 1.29 is 14.3 Å². The zero-order chi connectivity index (χ0) is 22.3. The molecule has 1 N–H and O–H groups in total. The lowest BCUT2D eigenvalue weighted by Gasteiger charge is -2.29. The molecule has 5 nitrogen and oxygen atoms in total. The van der Waals surface area contributed by atoms with Gasteiger partial charge in [0.1, 0.15) is 11.8 Å². The summed E-state index contributed by atoms with van der Waals surface area (Å²) >= 11 is 0. The Kier molecular flexibility index (Phi) is 8.04. The molecule has 0 heterocycles. The number of carbonyl (C=O) groups is 2. The molecule has 2 aromatic rings. The van der Waals surface area contributed by atoms with Crippen LogP contribution in [0.25, 0.3) is 0 Å². The maximum atomic E-state index is 13.1. The van der Waals surface area contributed by atoms with Crippen molar-refractivity contribution in [2.24, 2.45) is 0 Å². The highest BCUT2D eigenvalue weighted by Gasteiger charge is 2.27. The highest BCUT2D eigenvalue weighted by Crippen LogP contribution is 2.31. The van der Waals surface area contributed by atoms with Gasteiger partial charge in [-0.3, -0.25) is 9.59 Å². The van der Waals surface area contributed by atoms with Crippen LogP contribution in [0.4, 0.5) is 0 Å². The zero-order valence-electron chi connectivity index (χ0n) is 19.0. The van der Waals surface area contributed by atoms with Gasteiger partial charge in [-0.05, 0) is 43.4 Å². The lowest BCUT2D eigenvalue weighted by Crippen LogP contribution is -2.49. The third kappa shape index (κ3) is 6.34. The van der Waals surface area contributed by atoms with Crippen LogP contribution in [0.2, 0.25) is 0 Å². The number of carbonyl (C=O) groups excluding carboxylic acids is 2. The second-order valence-electron chi connectivity index (χ2n) is 8.62. The van der Waals surface area contributed by atoms with Crippen molar-refractivity contribution in [1.82, 2.24) is 10.2 Å². The van der Waals surface area contributed by atoms with E-state index in [0.29, 0.717) is 18.8 Å². The minimum Gasteiger partial charge on any atom is -0.483 e. The number of aryl methyl sites for hydroxylation is 1. The Hall–Kier alpha value is -2.82. The van der Waals surface area contributed by atoms with Crippen molar-refractivity contribution in [3.63, 3.8) is 0 Å². The molecule has 0 radical (unpaired) electrons. The molecule has 5 heteroatoms. The third-order valence-electron chi connectivity index (χ3n) is 5.00. The SMILES string of the molecule is CCNC(=O)[C@H](C)N(Cc1cccc(C)c1)C(=O)COc1ccccc1C(C)(C)C. The fraction of sp³-hybridized carbons (Fsp3) is 0.440. The van der Waals surface area contributed by atoms with Crippen molar-refractivity contribution in [3.8, 4) is 5.75 Å². The molecule has 0 aliphatic heterocycles. The first-order valence-corrected chi connectivity index (χ1v) is 10.5. The Bertz CT molecular complexity index is 871. The van der Waals surface area contributed by atoms with Gasteiger partial charge in [-0.2, -0.15) is 0 Å². The first kappa shape index (κ1) is 23.5. The maximum Gasteiger partial charge on any atom is 0.261 e. The Morgan fingerprint density at radius 3 is 2.43 bits per heavy atom. The normalized spacial score (nSPS) is 12.2. The molecule has 0 spiro atoms. The van der Waals surface area contributed by atoms with Crippen LogP contribution in [0.1, 0.15) is 51.3 Å². The fourth-order valence-corrected chi connectivity index (χ4v) is 3.35. The Labute approximate surface area is 180 Å². The molecule has 2 aromatic carbocycles. The monoisotopic (exact) mass is 410 g/mol. The molecule has 0 bridgehead atoms. The molecule has 0 aliphatic carbocycles. The van der Waals surface area contributed by atoms with Crippen LogP contribution in [0.15, 0.2) is 48.5 Å². The Morgan fingerprint density at radius 1 is 1.10 bits per heavy atom. The van der Waals surface area contributed by atoms with E-state index in [0.717, 1.165) is 16.7 Å². The van der Waals surface area contributed by atoms with Crippen molar-refractivity contribution >= 4 is 11.8 Å². The summed E-state index contributed by atoms with van der Waals surface area (Å²) in [6.45, 7) is 12.7. The molecule has 0 aliphatic rings. The second-order valence-corrected chi connectivity index (χ2v) is 8.62. The van der Waals surface area contributed by atoms with Crippen LogP contribution in [0.3, 0.4) is 0 Å². The topological polar surface area (TPSA) is 58.6 Å². The number of amides is 2. The van der Waals surface area contributed by atoms with Gasteiger partial charge in [0, 0.05) is 13.1 Å². The van der Waals surface area contributed by atoms with E-state index < -0.39 is 6.04 Å². The standard InChI is InChI=1S/C25H34N2O3/c1-7-26-24(29)19(3)27(16-20-12-10-11-18(2)15-20)23(28)17-30-22-14-9-8-13-21(22)25(4,5)6/h8-15,19H,7,16-17H2,1-6H3,(H,26,29)/t19-/m0/s1. The smallest absolute Gasteiger partial charge is 0.261 e. The van der Waals surface area contributed by atoms with Gasteiger partial charge in [-0.25, -0.2) is 0 Å². The number of rotatable bonds is 8. The number of hydrogen-bond acceptors (Lipinski definition) is 3. The number of likely N-dealkylation sites (N-methyl/N-ethyl adjacent to an activating group) is 1. The highest BCUT2D eigenvalue weighted by atomic mass is 16.5. The maximum absolute atomic E-state index is 13.1. The van der Waals surface area contributed by atoms with Crippen LogP contribution in [0, 0.1) is 6.92 Å². The van der Waals surface area contributed by atoms with Crippen LogP contribution in [-0.4, -0.2) is 35.9 Å². The van der Waals surface area contributed by atoms with E-state index in [1.807, 2.05) is 62.4 Å². The molecule has 0 saturated heterocycles. The number of ether oxygens (including phenoxy) is 1. The molecule has 0 saturated carbocycles. The number of hydrogen-bond donors (Lipinski definition) is 1. The first-order valence-electron chi connectivity index (χ1n) is 10.5. The number of nitrogens with one attached hydrogen (secondary N) is 1. The van der Waals surface area contributed by atoms with Gasteiger partial charge < -0.3 is 15.0 Å². The lowest BCUT2D eigenvalue weighted by molar-refractivity contribution is -0.142. The highest BCUT2D eigenvalue weighted by molar-refractivity contribution is 5.87. The summed E-state index contributed by atoms with van der Waals surface area (Å²) in [6, 6.07) is 15.1. The van der Waals surface area contributed by atoms with Crippen LogP contribution in [-0.2, 0) is 21.5 Å². The van der Waals surface area contributed by atoms with E-state index in [1.165, 1.54) is 0 Å². The first-order chi connectivity index (χ1) is 14.1. The quantitative estimate of drug-likeness (QED) is 0.709. The molecule has 0 aromatic heterocycles. The van der Waals surface area contributed by atoms with Gasteiger partial charge in [0.25, 0.3) is 5.91 Å². The number of nitrogens with zero attached hydrogens (tertiary/aromatic N) is 1. The van der Waals surface area contributed by atoms with Crippen molar-refractivity contribution in [2.45, 2.75) is 59.5 Å². The van der Waals surface area contributed by atoms with E-state index in [4.69, 9.17) is 4.74 Å². The summed E-state index contributed by atoms with van der Waals surface area (Å²) in [4.78, 5) is 27.2. The fourth-order valence-electron chi connectivity index (χ4n) is 3.35. The van der Waals surface area contributed by atoms with Crippen molar-refractivity contribution in [1.29, 1.82) is 0 Å². The van der Waals surface area contributed by atoms with Gasteiger partial charge in [0.2, 0.25) is 5.91 Å². The van der Waals surface area contributed by atoms with Gasteiger partial charge in [0.05, 0.1) is 0 Å². The average Bonchev–Trinajstić information content (AvgIpc) is 2.69. The summed E-state index contributed by atoms with van der Waals surface area (Å²) in [6.07, 6.45) is 0. The molecule has 30 heavy (non-hydrogen) atoms. The zero-order valence-corrected chi connectivity index (χ0v) is 19.0. The molecule has 162 valence electrons. The molecule has 0 unspecified atom stereocenters. The molecule has 2 rings (SSSR count). The van der Waals surface area contributed by atoms with Gasteiger partial charge in [0.15, 0.2) is 6.61 Å². The van der Waals surface area contributed by atoms with E-state index in [2.05, 4.69) is 26.1 Å². The Morgan fingerprint density at radius 2 is 1.80 bits per heavy atom. The van der Waals surface area contributed by atoms with Gasteiger partial charge >= 0.3 is 0 Å². The molecule has 0 fully saturated rings. The number of para-hydroxylation sites is 1. The molecular formula is C25H34N2O3. The van der Waals surface area contributed by atoms with E-state index in [9.17, 15) is 9.59 Å². The molecular weight excluding hydrogens is 376 g/mol. The van der Waals surface area contributed by atoms with Crippen LogP contribution >= 0.6 is 0 Å². The van der Waals surface area contributed by atoms with Crippen molar-refractivity contribution in [2.75, 3.05) is 13.2 Å². The minimum absolute atomic E-state index is 0.102. The summed E-state index contributed by atoms with van der Waals surface area (Å²) in [5.74, 6) is 0.298. The van der Waals surface area contributed by atoms with Crippen molar-refractivity contribution in [3.05, 3.63) is 65.2 Å². The lowest BCUT2D eigenvalue weighted by atomic mass is 9.86. The summed E-state index contributed by atoms with van der Waals surface area (Å²) in [5, 5.41) is 2.81. The predicted octanol–water partition coefficient (Wildman–Crippen LogP) is 4.22. The van der Waals surface area contributed by atoms with Crippen LogP contribution in [0.5, 0.6) is 5.75 Å². The summed E-state index contributed by atoms with van der Waals surface area (Å²) in [5.41, 5.74) is 3.03. The van der Waals surface area contributed by atoms with Crippen LogP contribution < -0.4 is 10.1 Å². The second kappa shape index (κ2) is 10.3. The largest absolute Gasteiger partial charge is 0.483 e. The Balaban J connectivity index is 2.21. The van der Waals surface area contributed by atoms with E-state index in [1.54, 1.807) is 11.8 Å².